The number of carbonyl (C=O) groups excluding carboxylic acids is 1. The number of nitrogens with zero attached hydrogens (tertiary/aromatic N) is 1. The Morgan fingerprint density at radius 2 is 1.88 bits per heavy atom. The van der Waals surface area contributed by atoms with Gasteiger partial charge in [0.25, 0.3) is 10.0 Å². The maximum absolute atomic E-state index is 12.9. The van der Waals surface area contributed by atoms with Crippen molar-refractivity contribution in [2.75, 3.05) is 18.4 Å². The van der Waals surface area contributed by atoms with Gasteiger partial charge in [-0.1, -0.05) is 11.3 Å². The number of carbonyl (C=O) groups is 1. The van der Waals surface area contributed by atoms with Crippen LogP contribution >= 0.6 is 11.3 Å². The molecule has 2 rings (SSSR count). The molecular weight excluding hydrogens is 376 g/mol. The lowest BCUT2D eigenvalue weighted by Crippen LogP contribution is -2.16. The van der Waals surface area contributed by atoms with Crippen LogP contribution in [0.4, 0.5) is 5.13 Å². The van der Waals surface area contributed by atoms with Crippen LogP contribution in [-0.2, 0) is 14.8 Å². The summed E-state index contributed by atoms with van der Waals surface area (Å²) in [5, 5.41) is 0.123. The Balaban J connectivity index is 2.43. The zero-order valence-corrected chi connectivity index (χ0v) is 17.2. The zero-order valence-electron chi connectivity index (χ0n) is 15.6. The van der Waals surface area contributed by atoms with E-state index in [1.807, 2.05) is 0 Å². The first-order valence-electron chi connectivity index (χ1n) is 7.94. The second-order valence-electron chi connectivity index (χ2n) is 5.73. The summed E-state index contributed by atoms with van der Waals surface area (Å²) >= 11 is 0.952. The summed E-state index contributed by atoms with van der Waals surface area (Å²) in [6, 6.07) is 1.69. The number of aryl methyl sites for hydroxylation is 2. The van der Waals surface area contributed by atoms with E-state index >= 15 is 0 Å². The van der Waals surface area contributed by atoms with Gasteiger partial charge in [-0.25, -0.2) is 18.2 Å². The van der Waals surface area contributed by atoms with Gasteiger partial charge in [-0.3, -0.25) is 4.72 Å². The molecule has 1 aromatic carbocycles. The summed E-state index contributed by atoms with van der Waals surface area (Å²) in [6.45, 7) is 8.82. The van der Waals surface area contributed by atoms with Crippen molar-refractivity contribution in [2.24, 2.45) is 0 Å². The number of thiazole rings is 1. The standard InChI is InChI=1S/C17H22N2O5S2/c1-7-24-16(20)14-12(5)18-17(25-14)19-26(21,22)15-9(2)8-13(23-6)10(3)11(15)4/h8H,7H2,1-6H3,(H,18,19). The molecule has 26 heavy (non-hydrogen) atoms. The van der Waals surface area contributed by atoms with Crippen LogP contribution in [0.25, 0.3) is 0 Å². The first-order chi connectivity index (χ1) is 12.1. The van der Waals surface area contributed by atoms with Crippen molar-refractivity contribution in [3.05, 3.63) is 33.3 Å². The van der Waals surface area contributed by atoms with Crippen molar-refractivity contribution in [1.29, 1.82) is 0 Å². The first kappa shape index (κ1) is 20.2. The quantitative estimate of drug-likeness (QED) is 0.750. The van der Waals surface area contributed by atoms with E-state index in [1.165, 1.54) is 0 Å². The summed E-state index contributed by atoms with van der Waals surface area (Å²) < 4.78 is 38.5. The van der Waals surface area contributed by atoms with Crippen molar-refractivity contribution >= 4 is 32.5 Å². The van der Waals surface area contributed by atoms with Gasteiger partial charge < -0.3 is 9.47 Å². The zero-order chi connectivity index (χ0) is 19.6. The highest BCUT2D eigenvalue weighted by molar-refractivity contribution is 7.93. The second kappa shape index (κ2) is 7.63. The summed E-state index contributed by atoms with van der Waals surface area (Å²) in [5.74, 6) is 0.120. The molecule has 9 heteroatoms. The Hall–Kier alpha value is -2.13. The Morgan fingerprint density at radius 3 is 2.46 bits per heavy atom. The minimum absolute atomic E-state index is 0.123. The number of anilines is 1. The van der Waals surface area contributed by atoms with Gasteiger partial charge >= 0.3 is 5.97 Å². The predicted octanol–water partition coefficient (Wildman–Crippen LogP) is 3.36. The summed E-state index contributed by atoms with van der Waals surface area (Å²) in [6.07, 6.45) is 0. The molecular formula is C17H22N2O5S2. The van der Waals surface area contributed by atoms with Crippen LogP contribution in [0.3, 0.4) is 0 Å². The summed E-state index contributed by atoms with van der Waals surface area (Å²) in [4.78, 5) is 16.5. The molecule has 1 heterocycles. The number of ether oxygens (including phenoxy) is 2. The molecule has 142 valence electrons. The van der Waals surface area contributed by atoms with Gasteiger partial charge in [0, 0.05) is 0 Å². The molecule has 0 saturated carbocycles. The highest BCUT2D eigenvalue weighted by Crippen LogP contribution is 2.32. The van der Waals surface area contributed by atoms with Gasteiger partial charge in [-0.2, -0.15) is 0 Å². The lowest BCUT2D eigenvalue weighted by molar-refractivity contribution is 0.0531. The van der Waals surface area contributed by atoms with Crippen LogP contribution in [0.1, 0.15) is 39.0 Å². The maximum atomic E-state index is 12.9. The third-order valence-electron chi connectivity index (χ3n) is 3.95. The van der Waals surface area contributed by atoms with Gasteiger partial charge in [-0.05, 0) is 57.4 Å². The van der Waals surface area contributed by atoms with Crippen LogP contribution in [0.2, 0.25) is 0 Å². The van der Waals surface area contributed by atoms with Crippen LogP contribution in [0, 0.1) is 27.7 Å². The van der Waals surface area contributed by atoms with Crippen molar-refractivity contribution in [1.82, 2.24) is 4.98 Å². The van der Waals surface area contributed by atoms with Crippen LogP contribution in [0.15, 0.2) is 11.0 Å². The molecule has 2 aromatic rings. The Bertz CT molecular complexity index is 949. The van der Waals surface area contributed by atoms with Crippen LogP contribution in [0.5, 0.6) is 5.75 Å². The molecule has 0 aliphatic heterocycles. The molecule has 0 aliphatic carbocycles. The van der Waals surface area contributed by atoms with E-state index in [0.717, 1.165) is 16.9 Å². The number of rotatable bonds is 6. The highest BCUT2D eigenvalue weighted by atomic mass is 32.2. The van der Waals surface area contributed by atoms with E-state index in [9.17, 15) is 13.2 Å². The van der Waals surface area contributed by atoms with Crippen LogP contribution in [-0.4, -0.2) is 33.1 Å². The molecule has 0 saturated heterocycles. The molecule has 0 radical (unpaired) electrons. The third kappa shape index (κ3) is 3.83. The van der Waals surface area contributed by atoms with Gasteiger partial charge in [0.05, 0.1) is 24.3 Å². The lowest BCUT2D eigenvalue weighted by Gasteiger charge is -2.16. The SMILES string of the molecule is CCOC(=O)c1sc(NS(=O)(=O)c2c(C)cc(OC)c(C)c2C)nc1C. The van der Waals surface area contributed by atoms with Crippen molar-refractivity contribution in [2.45, 2.75) is 39.5 Å². The molecule has 0 aliphatic rings. The number of hydrogen-bond donors (Lipinski definition) is 1. The molecule has 0 fully saturated rings. The highest BCUT2D eigenvalue weighted by Gasteiger charge is 2.25. The Morgan fingerprint density at radius 1 is 1.23 bits per heavy atom. The van der Waals surface area contributed by atoms with Crippen molar-refractivity contribution in [3.63, 3.8) is 0 Å². The number of aromatic nitrogens is 1. The number of benzene rings is 1. The van der Waals surface area contributed by atoms with Gasteiger partial charge in [0.2, 0.25) is 0 Å². The van der Waals surface area contributed by atoms with Crippen LogP contribution < -0.4 is 9.46 Å². The molecule has 0 unspecified atom stereocenters. The molecule has 1 aromatic heterocycles. The van der Waals surface area contributed by atoms with Crippen molar-refractivity contribution in [3.8, 4) is 5.75 Å². The van der Waals surface area contributed by atoms with E-state index in [0.29, 0.717) is 22.6 Å². The topological polar surface area (TPSA) is 94.6 Å². The summed E-state index contributed by atoms with van der Waals surface area (Å²) in [7, 11) is -2.33. The van der Waals surface area contributed by atoms with Crippen molar-refractivity contribution < 1.29 is 22.7 Å². The molecule has 0 spiro atoms. The van der Waals surface area contributed by atoms with Gasteiger partial charge in [0.1, 0.15) is 10.6 Å². The fraction of sp³-hybridized carbons (Fsp3) is 0.412. The predicted molar refractivity (Wildman–Crippen MR) is 101 cm³/mol. The average Bonchev–Trinajstić information content (AvgIpc) is 2.90. The Labute approximate surface area is 157 Å². The molecule has 0 bridgehead atoms. The minimum Gasteiger partial charge on any atom is -0.496 e. The molecule has 0 atom stereocenters. The molecule has 1 N–H and O–H groups in total. The smallest absolute Gasteiger partial charge is 0.350 e. The second-order valence-corrected chi connectivity index (χ2v) is 8.35. The maximum Gasteiger partial charge on any atom is 0.350 e. The van der Waals surface area contributed by atoms with E-state index in [2.05, 4.69) is 9.71 Å². The first-order valence-corrected chi connectivity index (χ1v) is 10.2. The fourth-order valence-electron chi connectivity index (χ4n) is 2.64. The normalized spacial score (nSPS) is 11.3. The van der Waals surface area contributed by atoms with Gasteiger partial charge in [0.15, 0.2) is 5.13 Å². The van der Waals surface area contributed by atoms with E-state index in [-0.39, 0.29) is 21.5 Å². The number of esters is 1. The Kier molecular flexibility index (Phi) is 5.92. The number of hydrogen-bond acceptors (Lipinski definition) is 7. The molecule has 0 amide bonds. The number of nitrogens with one attached hydrogen (secondary N) is 1. The third-order valence-corrected chi connectivity index (χ3v) is 6.76. The monoisotopic (exact) mass is 398 g/mol. The van der Waals surface area contributed by atoms with Gasteiger partial charge in [-0.15, -0.1) is 0 Å². The summed E-state index contributed by atoms with van der Waals surface area (Å²) in [5.41, 5.74) is 2.34. The average molecular weight is 399 g/mol. The van der Waals surface area contributed by atoms with E-state index in [4.69, 9.17) is 9.47 Å². The van der Waals surface area contributed by atoms with E-state index < -0.39 is 16.0 Å². The number of methoxy groups -OCH3 is 1. The minimum atomic E-state index is -3.87. The number of sulfonamides is 1. The fourth-order valence-corrected chi connectivity index (χ4v) is 5.26. The largest absolute Gasteiger partial charge is 0.496 e. The lowest BCUT2D eigenvalue weighted by atomic mass is 10.1. The van der Waals surface area contributed by atoms with E-state index in [1.54, 1.807) is 47.8 Å². The molecule has 7 nitrogen and oxygen atoms in total.